The lowest BCUT2D eigenvalue weighted by atomic mass is 10.1. The molecule has 3 rings (SSSR count). The molecule has 0 unspecified atom stereocenters. The Labute approximate surface area is 138 Å². The third kappa shape index (κ3) is 2.69. The number of rotatable bonds is 3. The summed E-state index contributed by atoms with van der Waals surface area (Å²) >= 11 is 4.74. The number of benzene rings is 1. The molecule has 7 heteroatoms. The Bertz CT molecular complexity index is 917. The van der Waals surface area contributed by atoms with E-state index in [1.807, 2.05) is 29.6 Å². The Morgan fingerprint density at radius 1 is 1.45 bits per heavy atom. The van der Waals surface area contributed by atoms with Gasteiger partial charge in [0, 0.05) is 15.4 Å². The van der Waals surface area contributed by atoms with E-state index in [-0.39, 0.29) is 18.0 Å². The molecule has 0 aliphatic rings. The highest BCUT2D eigenvalue weighted by atomic mass is 79.9. The topological polar surface area (TPSA) is 72.0 Å². The number of hydrogen-bond donors (Lipinski definition) is 1. The summed E-state index contributed by atoms with van der Waals surface area (Å²) in [6.07, 6.45) is 0. The van der Waals surface area contributed by atoms with Gasteiger partial charge in [0.25, 0.3) is 5.56 Å². The molecule has 0 radical (unpaired) electrons. The van der Waals surface area contributed by atoms with Crippen molar-refractivity contribution in [1.82, 2.24) is 9.97 Å². The number of H-pyrrole nitrogens is 1. The van der Waals surface area contributed by atoms with Gasteiger partial charge >= 0.3 is 5.97 Å². The smallest absolute Gasteiger partial charge is 0.374 e. The number of aromatic nitrogens is 2. The Morgan fingerprint density at radius 3 is 3.00 bits per heavy atom. The summed E-state index contributed by atoms with van der Waals surface area (Å²) in [4.78, 5) is 31.3. The lowest BCUT2D eigenvalue weighted by Crippen LogP contribution is -2.17. The molecule has 2 aromatic heterocycles. The fourth-order valence-electron chi connectivity index (χ4n) is 2.11. The molecule has 0 aliphatic heterocycles. The van der Waals surface area contributed by atoms with E-state index in [1.165, 1.54) is 11.3 Å². The minimum Gasteiger partial charge on any atom is -0.460 e. The van der Waals surface area contributed by atoms with Crippen LogP contribution in [0.4, 0.5) is 0 Å². The van der Waals surface area contributed by atoms with Crippen LogP contribution in [0.1, 0.15) is 17.5 Å². The minimum absolute atomic E-state index is 0.0676. The first kappa shape index (κ1) is 14.9. The van der Waals surface area contributed by atoms with Crippen molar-refractivity contribution in [3.63, 3.8) is 0 Å². The maximum atomic E-state index is 12.3. The lowest BCUT2D eigenvalue weighted by Gasteiger charge is -2.02. The molecule has 0 saturated carbocycles. The third-order valence-corrected chi connectivity index (χ3v) is 4.41. The van der Waals surface area contributed by atoms with Gasteiger partial charge in [-0.25, -0.2) is 9.78 Å². The Kier molecular flexibility index (Phi) is 4.08. The van der Waals surface area contributed by atoms with Crippen molar-refractivity contribution in [2.75, 3.05) is 6.61 Å². The number of carbonyl (C=O) groups excluding carboxylic acids is 1. The summed E-state index contributed by atoms with van der Waals surface area (Å²) in [5, 5.41) is 2.35. The number of nitrogens with zero attached hydrogens (tertiary/aromatic N) is 1. The summed E-state index contributed by atoms with van der Waals surface area (Å²) in [6.45, 7) is 1.93. The molecule has 2 heterocycles. The van der Waals surface area contributed by atoms with Gasteiger partial charge < -0.3 is 9.72 Å². The van der Waals surface area contributed by atoms with E-state index in [9.17, 15) is 9.59 Å². The van der Waals surface area contributed by atoms with Crippen LogP contribution in [0.3, 0.4) is 0 Å². The van der Waals surface area contributed by atoms with Crippen molar-refractivity contribution in [3.05, 3.63) is 50.3 Å². The highest BCUT2D eigenvalue weighted by Crippen LogP contribution is 2.31. The molecular formula is C15H11BrN2O3S. The molecule has 5 nitrogen and oxygen atoms in total. The Hall–Kier alpha value is -1.99. The summed E-state index contributed by atoms with van der Waals surface area (Å²) in [6, 6.07) is 7.67. The van der Waals surface area contributed by atoms with Gasteiger partial charge in [-0.05, 0) is 24.6 Å². The van der Waals surface area contributed by atoms with Crippen LogP contribution in [0.15, 0.2) is 38.9 Å². The van der Waals surface area contributed by atoms with Crippen molar-refractivity contribution >= 4 is 43.5 Å². The maximum absolute atomic E-state index is 12.3. The molecule has 112 valence electrons. The standard InChI is InChI=1S/C15H11BrN2O3S/c1-2-21-15(20)12-17-13(19)11-10(7-22-14(11)18-12)8-4-3-5-9(16)6-8/h3-7H,2H2,1H3,(H,17,18,19). The predicted octanol–water partition coefficient (Wildman–Crippen LogP) is 3.59. The van der Waals surface area contributed by atoms with Crippen LogP contribution in [0, 0.1) is 0 Å². The number of esters is 1. The molecule has 0 spiro atoms. The zero-order valence-corrected chi connectivity index (χ0v) is 14.0. The normalized spacial score (nSPS) is 10.8. The van der Waals surface area contributed by atoms with E-state index in [0.29, 0.717) is 10.2 Å². The van der Waals surface area contributed by atoms with Crippen molar-refractivity contribution < 1.29 is 9.53 Å². The van der Waals surface area contributed by atoms with E-state index in [1.54, 1.807) is 6.92 Å². The van der Waals surface area contributed by atoms with Gasteiger partial charge in [0.1, 0.15) is 4.83 Å². The van der Waals surface area contributed by atoms with Gasteiger partial charge in [-0.2, -0.15) is 0 Å². The number of carbonyl (C=O) groups is 1. The van der Waals surface area contributed by atoms with E-state index in [0.717, 1.165) is 15.6 Å². The molecule has 0 fully saturated rings. The average Bonchev–Trinajstić information content (AvgIpc) is 2.92. The summed E-state index contributed by atoms with van der Waals surface area (Å²) in [5.41, 5.74) is 1.37. The van der Waals surface area contributed by atoms with Gasteiger partial charge in [0.2, 0.25) is 5.82 Å². The Morgan fingerprint density at radius 2 is 2.27 bits per heavy atom. The molecule has 0 bridgehead atoms. The zero-order chi connectivity index (χ0) is 15.7. The monoisotopic (exact) mass is 378 g/mol. The molecule has 0 atom stereocenters. The van der Waals surface area contributed by atoms with Crippen LogP contribution in [0.25, 0.3) is 21.3 Å². The number of halogens is 1. The summed E-state index contributed by atoms with van der Waals surface area (Å²) in [7, 11) is 0. The van der Waals surface area contributed by atoms with Gasteiger partial charge in [0.05, 0.1) is 12.0 Å². The first-order valence-electron chi connectivity index (χ1n) is 6.54. The molecule has 0 aliphatic carbocycles. The van der Waals surface area contributed by atoms with E-state index in [2.05, 4.69) is 25.9 Å². The molecule has 3 aromatic rings. The first-order valence-corrected chi connectivity index (χ1v) is 8.22. The molecule has 0 saturated heterocycles. The number of fused-ring (bicyclic) bond motifs is 1. The molecule has 0 amide bonds. The summed E-state index contributed by atoms with van der Waals surface area (Å²) in [5.74, 6) is -0.694. The van der Waals surface area contributed by atoms with Crippen molar-refractivity contribution in [2.45, 2.75) is 6.92 Å². The highest BCUT2D eigenvalue weighted by molar-refractivity contribution is 9.10. The molecule has 1 N–H and O–H groups in total. The van der Waals surface area contributed by atoms with Crippen molar-refractivity contribution in [1.29, 1.82) is 0 Å². The van der Waals surface area contributed by atoms with Crippen LogP contribution in [0.2, 0.25) is 0 Å². The quantitative estimate of drug-likeness (QED) is 0.706. The number of hydrogen-bond acceptors (Lipinski definition) is 5. The van der Waals surface area contributed by atoms with Gasteiger partial charge in [-0.1, -0.05) is 28.1 Å². The number of thiophene rings is 1. The second-order valence-corrected chi connectivity index (χ2v) is 6.25. The maximum Gasteiger partial charge on any atom is 0.374 e. The number of ether oxygens (including phenoxy) is 1. The summed E-state index contributed by atoms with van der Waals surface area (Å²) < 4.78 is 5.79. The first-order chi connectivity index (χ1) is 10.6. The predicted molar refractivity (Wildman–Crippen MR) is 89.3 cm³/mol. The SMILES string of the molecule is CCOC(=O)c1nc2scc(-c3cccc(Br)c3)c2c(=O)[nH]1. The van der Waals surface area contributed by atoms with E-state index >= 15 is 0 Å². The average molecular weight is 379 g/mol. The minimum atomic E-state index is -0.626. The van der Waals surface area contributed by atoms with Gasteiger partial charge in [-0.15, -0.1) is 11.3 Å². The van der Waals surface area contributed by atoms with E-state index < -0.39 is 5.97 Å². The lowest BCUT2D eigenvalue weighted by molar-refractivity contribution is 0.0512. The third-order valence-electron chi connectivity index (χ3n) is 3.05. The van der Waals surface area contributed by atoms with Crippen LogP contribution in [-0.2, 0) is 4.74 Å². The molecule has 1 aromatic carbocycles. The van der Waals surface area contributed by atoms with Crippen LogP contribution in [-0.4, -0.2) is 22.5 Å². The van der Waals surface area contributed by atoms with Crippen molar-refractivity contribution in [3.8, 4) is 11.1 Å². The van der Waals surface area contributed by atoms with Crippen LogP contribution < -0.4 is 5.56 Å². The van der Waals surface area contributed by atoms with Gasteiger partial charge in [0.15, 0.2) is 0 Å². The number of nitrogens with one attached hydrogen (secondary N) is 1. The molecular weight excluding hydrogens is 368 g/mol. The van der Waals surface area contributed by atoms with Gasteiger partial charge in [-0.3, -0.25) is 4.79 Å². The Balaban J connectivity index is 2.17. The van der Waals surface area contributed by atoms with Crippen LogP contribution >= 0.6 is 27.3 Å². The van der Waals surface area contributed by atoms with Crippen LogP contribution in [0.5, 0.6) is 0 Å². The van der Waals surface area contributed by atoms with Crippen molar-refractivity contribution in [2.24, 2.45) is 0 Å². The second kappa shape index (κ2) is 6.02. The fourth-order valence-corrected chi connectivity index (χ4v) is 3.46. The fraction of sp³-hybridized carbons (Fsp3) is 0.133. The zero-order valence-electron chi connectivity index (χ0n) is 11.6. The largest absolute Gasteiger partial charge is 0.460 e. The van der Waals surface area contributed by atoms with E-state index in [4.69, 9.17) is 4.74 Å². The number of aromatic amines is 1. The molecule has 22 heavy (non-hydrogen) atoms. The second-order valence-electron chi connectivity index (χ2n) is 4.47. The highest BCUT2D eigenvalue weighted by Gasteiger charge is 2.16.